The van der Waals surface area contributed by atoms with Crippen molar-refractivity contribution in [2.24, 2.45) is 0 Å². The number of anilines is 1. The van der Waals surface area contributed by atoms with Gasteiger partial charge in [0.15, 0.2) is 0 Å². The number of alkyl halides is 3. The summed E-state index contributed by atoms with van der Waals surface area (Å²) in [6, 6.07) is 1.02. The minimum atomic E-state index is -4.72. The highest BCUT2D eigenvalue weighted by Gasteiger charge is 2.40. The molecule has 1 aliphatic rings. The molecular formula is C16H17F3N2O4. The third-order valence-corrected chi connectivity index (χ3v) is 3.78. The van der Waals surface area contributed by atoms with Gasteiger partial charge in [-0.05, 0) is 38.0 Å². The monoisotopic (exact) mass is 358 g/mol. The number of rotatable bonds is 5. The van der Waals surface area contributed by atoms with Crippen molar-refractivity contribution in [3.05, 3.63) is 29.3 Å². The number of hydrogen-bond acceptors (Lipinski definition) is 3. The van der Waals surface area contributed by atoms with E-state index in [1.54, 1.807) is 0 Å². The average Bonchev–Trinajstić information content (AvgIpc) is 3.29. The van der Waals surface area contributed by atoms with Gasteiger partial charge in [-0.25, -0.2) is 4.79 Å². The molecule has 1 atom stereocenters. The zero-order chi connectivity index (χ0) is 18.9. The van der Waals surface area contributed by atoms with Crippen LogP contribution in [0.2, 0.25) is 0 Å². The summed E-state index contributed by atoms with van der Waals surface area (Å²) in [5.74, 6) is -2.64. The summed E-state index contributed by atoms with van der Waals surface area (Å²) >= 11 is 0. The lowest BCUT2D eigenvalue weighted by Crippen LogP contribution is -2.44. The van der Waals surface area contributed by atoms with Crippen LogP contribution >= 0.6 is 0 Å². The van der Waals surface area contributed by atoms with E-state index in [4.69, 9.17) is 5.11 Å². The summed E-state index contributed by atoms with van der Waals surface area (Å²) in [6.07, 6.45) is -3.52. The molecule has 1 aromatic rings. The van der Waals surface area contributed by atoms with E-state index in [2.05, 4.69) is 5.32 Å². The number of nitrogens with one attached hydrogen (secondary N) is 1. The number of amides is 2. The van der Waals surface area contributed by atoms with Crippen LogP contribution < -0.4 is 5.32 Å². The van der Waals surface area contributed by atoms with E-state index in [1.165, 1.54) is 6.92 Å². The molecule has 1 fully saturated rings. The Morgan fingerprint density at radius 3 is 2.28 bits per heavy atom. The van der Waals surface area contributed by atoms with Gasteiger partial charge in [0.2, 0.25) is 5.91 Å². The van der Waals surface area contributed by atoms with Gasteiger partial charge in [-0.2, -0.15) is 13.2 Å². The molecule has 0 bridgehead atoms. The first kappa shape index (κ1) is 18.8. The fraction of sp³-hybridized carbons (Fsp3) is 0.438. The van der Waals surface area contributed by atoms with Crippen LogP contribution in [0, 0.1) is 0 Å². The maximum absolute atomic E-state index is 13.1. The van der Waals surface area contributed by atoms with Crippen molar-refractivity contribution < 1.29 is 32.7 Å². The molecule has 2 rings (SSSR count). The van der Waals surface area contributed by atoms with Crippen LogP contribution in [0.5, 0.6) is 0 Å². The van der Waals surface area contributed by atoms with Gasteiger partial charge >= 0.3 is 12.1 Å². The molecule has 9 heteroatoms. The van der Waals surface area contributed by atoms with E-state index in [0.717, 1.165) is 24.0 Å². The summed E-state index contributed by atoms with van der Waals surface area (Å²) < 4.78 is 39.2. The number of carbonyl (C=O) groups is 3. The lowest BCUT2D eigenvalue weighted by Gasteiger charge is -2.27. The third kappa shape index (κ3) is 4.49. The van der Waals surface area contributed by atoms with Gasteiger partial charge in [0.25, 0.3) is 5.91 Å². The first-order chi connectivity index (χ1) is 11.5. The second kappa shape index (κ2) is 6.73. The zero-order valence-corrected chi connectivity index (χ0v) is 13.6. The fourth-order valence-electron chi connectivity index (χ4n) is 2.47. The average molecular weight is 358 g/mol. The Hall–Kier alpha value is -2.58. The number of aliphatic carboxylic acids is 1. The van der Waals surface area contributed by atoms with E-state index in [1.807, 2.05) is 0 Å². The number of carbonyl (C=O) groups excluding carboxylic acids is 2. The molecule has 0 radical (unpaired) electrons. The molecule has 2 N–H and O–H groups in total. The maximum atomic E-state index is 13.1. The Morgan fingerprint density at radius 1 is 1.24 bits per heavy atom. The lowest BCUT2D eigenvalue weighted by molar-refractivity contribution is -0.142. The number of nitrogens with zero attached hydrogens (tertiary/aromatic N) is 1. The quantitative estimate of drug-likeness (QED) is 0.847. The Labute approximate surface area is 141 Å². The highest BCUT2D eigenvalue weighted by atomic mass is 19.4. The lowest BCUT2D eigenvalue weighted by atomic mass is 10.1. The molecule has 1 aromatic carbocycles. The summed E-state index contributed by atoms with van der Waals surface area (Å²) in [5, 5.41) is 11.4. The molecule has 0 aromatic heterocycles. The Kier molecular flexibility index (Phi) is 5.05. The maximum Gasteiger partial charge on any atom is 0.416 e. The van der Waals surface area contributed by atoms with Crippen LogP contribution in [0.4, 0.5) is 18.9 Å². The molecule has 25 heavy (non-hydrogen) atoms. The normalized spacial score (nSPS) is 15.4. The molecule has 0 saturated heterocycles. The van der Waals surface area contributed by atoms with Crippen molar-refractivity contribution in [1.29, 1.82) is 0 Å². The predicted octanol–water partition coefficient (Wildman–Crippen LogP) is 2.74. The van der Waals surface area contributed by atoms with Crippen molar-refractivity contribution in [2.75, 3.05) is 5.32 Å². The van der Waals surface area contributed by atoms with Gasteiger partial charge in [0.1, 0.15) is 6.04 Å². The van der Waals surface area contributed by atoms with E-state index < -0.39 is 35.6 Å². The van der Waals surface area contributed by atoms with Crippen LogP contribution in [-0.4, -0.2) is 39.9 Å². The van der Waals surface area contributed by atoms with Crippen LogP contribution in [0.1, 0.15) is 42.6 Å². The second-order valence-electron chi connectivity index (χ2n) is 5.94. The minimum absolute atomic E-state index is 0.176. The van der Waals surface area contributed by atoms with Gasteiger partial charge in [0.05, 0.1) is 5.56 Å². The highest BCUT2D eigenvalue weighted by molar-refractivity contribution is 5.99. The minimum Gasteiger partial charge on any atom is -0.480 e. The first-order valence-corrected chi connectivity index (χ1v) is 7.56. The van der Waals surface area contributed by atoms with Crippen molar-refractivity contribution in [2.45, 2.75) is 44.9 Å². The van der Waals surface area contributed by atoms with Crippen LogP contribution in [0.3, 0.4) is 0 Å². The van der Waals surface area contributed by atoms with Gasteiger partial charge < -0.3 is 15.3 Å². The SMILES string of the molecule is CC(=O)Nc1cc(C(=O)N(C2CC2)C(C)C(=O)O)cc(C(F)(F)F)c1. The van der Waals surface area contributed by atoms with Crippen molar-refractivity contribution in [3.63, 3.8) is 0 Å². The molecule has 0 heterocycles. The number of hydrogen-bond donors (Lipinski definition) is 2. The number of benzene rings is 1. The summed E-state index contributed by atoms with van der Waals surface area (Å²) in [7, 11) is 0. The molecule has 136 valence electrons. The summed E-state index contributed by atoms with van der Waals surface area (Å²) in [6.45, 7) is 2.44. The van der Waals surface area contributed by atoms with E-state index in [9.17, 15) is 27.6 Å². The van der Waals surface area contributed by atoms with Crippen LogP contribution in [0.15, 0.2) is 18.2 Å². The predicted molar refractivity (Wildman–Crippen MR) is 82.0 cm³/mol. The van der Waals surface area contributed by atoms with E-state index in [0.29, 0.717) is 18.9 Å². The Morgan fingerprint density at radius 2 is 1.84 bits per heavy atom. The largest absolute Gasteiger partial charge is 0.480 e. The van der Waals surface area contributed by atoms with Crippen molar-refractivity contribution in [3.8, 4) is 0 Å². The number of carboxylic acid groups (broad SMARTS) is 1. The van der Waals surface area contributed by atoms with E-state index in [-0.39, 0.29) is 17.3 Å². The summed E-state index contributed by atoms with van der Waals surface area (Å²) in [4.78, 5) is 36.1. The van der Waals surface area contributed by atoms with Gasteiger partial charge in [0, 0.05) is 24.2 Å². The molecule has 0 aliphatic heterocycles. The van der Waals surface area contributed by atoms with Gasteiger partial charge in [-0.15, -0.1) is 0 Å². The zero-order valence-electron chi connectivity index (χ0n) is 13.6. The molecule has 1 unspecified atom stereocenters. The van der Waals surface area contributed by atoms with Gasteiger partial charge in [-0.3, -0.25) is 9.59 Å². The number of carboxylic acids is 1. The Balaban J connectivity index is 2.46. The fourth-order valence-corrected chi connectivity index (χ4v) is 2.47. The third-order valence-electron chi connectivity index (χ3n) is 3.78. The molecular weight excluding hydrogens is 341 g/mol. The molecule has 0 spiro atoms. The molecule has 1 aliphatic carbocycles. The summed E-state index contributed by atoms with van der Waals surface area (Å²) in [5.41, 5.74) is -1.59. The highest BCUT2D eigenvalue weighted by Crippen LogP contribution is 2.34. The second-order valence-corrected chi connectivity index (χ2v) is 5.94. The van der Waals surface area contributed by atoms with E-state index >= 15 is 0 Å². The smallest absolute Gasteiger partial charge is 0.416 e. The van der Waals surface area contributed by atoms with Crippen molar-refractivity contribution in [1.82, 2.24) is 4.90 Å². The topological polar surface area (TPSA) is 86.7 Å². The first-order valence-electron chi connectivity index (χ1n) is 7.56. The Bertz CT molecular complexity index is 714. The molecule has 1 saturated carbocycles. The van der Waals surface area contributed by atoms with Crippen LogP contribution in [0.25, 0.3) is 0 Å². The molecule has 6 nitrogen and oxygen atoms in total. The number of halogens is 3. The van der Waals surface area contributed by atoms with Gasteiger partial charge in [-0.1, -0.05) is 0 Å². The molecule has 2 amide bonds. The standard InChI is InChI=1S/C16H17F3N2O4/c1-8(15(24)25)21(13-3-4-13)14(23)10-5-11(16(17,18)19)7-12(6-10)20-9(2)22/h5-8,13H,3-4H2,1-2H3,(H,20,22)(H,24,25). The van der Waals surface area contributed by atoms with Crippen molar-refractivity contribution >= 4 is 23.5 Å². The van der Waals surface area contributed by atoms with Crippen LogP contribution in [-0.2, 0) is 15.8 Å².